The molecule has 3 N–H and O–H groups in total. The average molecular weight is 399 g/mol. The van der Waals surface area contributed by atoms with E-state index in [1.807, 2.05) is 43.3 Å². The van der Waals surface area contributed by atoms with E-state index in [-0.39, 0.29) is 11.5 Å². The van der Waals surface area contributed by atoms with Crippen LogP contribution in [0.5, 0.6) is 0 Å². The zero-order chi connectivity index (χ0) is 19.6. The Balaban J connectivity index is 1.85. The van der Waals surface area contributed by atoms with Gasteiger partial charge in [0, 0.05) is 17.3 Å². The molecule has 0 aliphatic rings. The number of benzene rings is 2. The van der Waals surface area contributed by atoms with Crippen molar-refractivity contribution in [2.75, 3.05) is 11.1 Å². The van der Waals surface area contributed by atoms with Gasteiger partial charge < -0.3 is 11.1 Å². The molecule has 0 unspecified atom stereocenters. The highest BCUT2D eigenvalue weighted by Gasteiger charge is 2.14. The number of aromatic nitrogens is 1. The molecule has 3 aromatic rings. The summed E-state index contributed by atoms with van der Waals surface area (Å²) in [6, 6.07) is 16.0. The molecule has 1 aromatic heterocycles. The summed E-state index contributed by atoms with van der Waals surface area (Å²) in [5, 5.41) is 14.3. The third-order valence-corrected chi connectivity index (χ3v) is 4.73. The van der Waals surface area contributed by atoms with Gasteiger partial charge in [0.25, 0.3) is 0 Å². The van der Waals surface area contributed by atoms with Crippen molar-refractivity contribution in [3.05, 3.63) is 86.4 Å². The van der Waals surface area contributed by atoms with Crippen molar-refractivity contribution < 1.29 is 4.92 Å². The SMILES string of the molecule is Cc1ccccc1C(=S)c1ccc(Nc2ccc([N+](=O)[O-])c(N)n2)cc1Cl. The third-order valence-electron chi connectivity index (χ3n) is 3.97. The topological polar surface area (TPSA) is 94.1 Å². The van der Waals surface area contributed by atoms with E-state index >= 15 is 0 Å². The van der Waals surface area contributed by atoms with E-state index in [9.17, 15) is 10.1 Å². The van der Waals surface area contributed by atoms with Crippen molar-refractivity contribution in [3.63, 3.8) is 0 Å². The first kappa shape index (κ1) is 18.8. The Morgan fingerprint density at radius 3 is 2.56 bits per heavy atom. The number of hydrogen-bond donors (Lipinski definition) is 2. The van der Waals surface area contributed by atoms with Crippen LogP contribution in [0.25, 0.3) is 0 Å². The van der Waals surface area contributed by atoms with E-state index in [0.29, 0.717) is 21.4 Å². The van der Waals surface area contributed by atoms with Crippen LogP contribution in [0.15, 0.2) is 54.6 Å². The summed E-state index contributed by atoms with van der Waals surface area (Å²) >= 11 is 12.0. The maximum Gasteiger partial charge on any atom is 0.311 e. The van der Waals surface area contributed by atoms with E-state index in [1.165, 1.54) is 12.1 Å². The number of thiocarbonyl (C=S) groups is 1. The van der Waals surface area contributed by atoms with Gasteiger partial charge in [0.15, 0.2) is 0 Å². The molecule has 0 fully saturated rings. The number of anilines is 3. The van der Waals surface area contributed by atoms with E-state index in [1.54, 1.807) is 6.07 Å². The minimum Gasteiger partial charge on any atom is -0.378 e. The number of nitro groups is 1. The fraction of sp³-hybridized carbons (Fsp3) is 0.0526. The van der Waals surface area contributed by atoms with E-state index in [2.05, 4.69) is 10.3 Å². The molecule has 0 saturated heterocycles. The predicted molar refractivity (Wildman–Crippen MR) is 112 cm³/mol. The zero-order valence-corrected chi connectivity index (χ0v) is 15.8. The summed E-state index contributed by atoms with van der Waals surface area (Å²) in [7, 11) is 0. The van der Waals surface area contributed by atoms with Gasteiger partial charge in [-0.05, 0) is 42.3 Å². The lowest BCUT2D eigenvalue weighted by atomic mass is 10.00. The Labute approximate surface area is 166 Å². The Kier molecular flexibility index (Phi) is 5.34. The number of nitrogens with one attached hydrogen (secondary N) is 1. The van der Waals surface area contributed by atoms with Gasteiger partial charge in [-0.15, -0.1) is 0 Å². The van der Waals surface area contributed by atoms with Crippen LogP contribution < -0.4 is 11.1 Å². The number of nitrogens with two attached hydrogens (primary N) is 1. The predicted octanol–water partition coefficient (Wildman–Crippen LogP) is 5.04. The van der Waals surface area contributed by atoms with Crippen molar-refractivity contribution in [2.45, 2.75) is 6.92 Å². The summed E-state index contributed by atoms with van der Waals surface area (Å²) < 4.78 is 0. The van der Waals surface area contributed by atoms with Crippen LogP contribution in [-0.4, -0.2) is 14.8 Å². The van der Waals surface area contributed by atoms with E-state index in [0.717, 1.165) is 16.7 Å². The summed E-state index contributed by atoms with van der Waals surface area (Å²) in [5.41, 5.74) is 8.82. The van der Waals surface area contributed by atoms with Crippen LogP contribution in [0, 0.1) is 17.0 Å². The second-order valence-electron chi connectivity index (χ2n) is 5.82. The number of rotatable bonds is 5. The molecule has 0 bridgehead atoms. The molecular weight excluding hydrogens is 384 g/mol. The van der Waals surface area contributed by atoms with Crippen LogP contribution in [-0.2, 0) is 0 Å². The van der Waals surface area contributed by atoms with Crippen LogP contribution in [0.2, 0.25) is 5.02 Å². The molecule has 1 heterocycles. The van der Waals surface area contributed by atoms with Gasteiger partial charge >= 0.3 is 5.69 Å². The largest absolute Gasteiger partial charge is 0.378 e. The summed E-state index contributed by atoms with van der Waals surface area (Å²) in [6.07, 6.45) is 0. The first-order chi connectivity index (χ1) is 12.9. The Hall–Kier alpha value is -3.03. The van der Waals surface area contributed by atoms with Gasteiger partial charge in [0.1, 0.15) is 5.82 Å². The highest BCUT2D eigenvalue weighted by atomic mass is 35.5. The standard InChI is InChI=1S/C19H15ClN4O2S/c1-11-4-2-3-5-13(11)18(27)14-7-6-12(10-15(14)20)22-17-9-8-16(24(25)26)19(21)23-17/h2-10H,1H3,(H3,21,22,23). The van der Waals surface area contributed by atoms with Gasteiger partial charge in [0.05, 0.1) is 14.8 Å². The highest BCUT2D eigenvalue weighted by Crippen LogP contribution is 2.28. The fourth-order valence-corrected chi connectivity index (χ4v) is 3.33. The van der Waals surface area contributed by atoms with Gasteiger partial charge in [-0.1, -0.05) is 48.1 Å². The molecular formula is C19H15ClN4O2S. The molecule has 0 aliphatic carbocycles. The minimum absolute atomic E-state index is 0.159. The van der Waals surface area contributed by atoms with Crippen LogP contribution in [0.4, 0.5) is 23.0 Å². The second-order valence-corrected chi connectivity index (χ2v) is 6.64. The van der Waals surface area contributed by atoms with Crippen molar-refractivity contribution >= 4 is 51.7 Å². The smallest absolute Gasteiger partial charge is 0.311 e. The quantitative estimate of drug-likeness (QED) is 0.270. The lowest BCUT2D eigenvalue weighted by Crippen LogP contribution is -2.04. The molecule has 8 heteroatoms. The number of aryl methyl sites for hydroxylation is 1. The van der Waals surface area contributed by atoms with Crippen LogP contribution in [0.3, 0.4) is 0 Å². The highest BCUT2D eigenvalue weighted by molar-refractivity contribution is 7.81. The molecule has 6 nitrogen and oxygen atoms in total. The number of halogens is 1. The Morgan fingerprint density at radius 1 is 1.19 bits per heavy atom. The van der Waals surface area contributed by atoms with Crippen LogP contribution in [0.1, 0.15) is 16.7 Å². The maximum absolute atomic E-state index is 10.8. The monoisotopic (exact) mass is 398 g/mol. The van der Waals surface area contributed by atoms with Gasteiger partial charge in [-0.3, -0.25) is 10.1 Å². The van der Waals surface area contributed by atoms with E-state index < -0.39 is 4.92 Å². The first-order valence-corrected chi connectivity index (χ1v) is 8.73. The molecule has 0 spiro atoms. The number of pyridine rings is 1. The van der Waals surface area contributed by atoms with Crippen molar-refractivity contribution in [1.29, 1.82) is 0 Å². The van der Waals surface area contributed by atoms with Crippen molar-refractivity contribution in [3.8, 4) is 0 Å². The normalized spacial score (nSPS) is 10.4. The molecule has 0 saturated carbocycles. The third kappa shape index (κ3) is 4.05. The first-order valence-electron chi connectivity index (χ1n) is 7.94. The Bertz CT molecular complexity index is 1060. The Morgan fingerprint density at radius 2 is 1.93 bits per heavy atom. The maximum atomic E-state index is 10.8. The summed E-state index contributed by atoms with van der Waals surface area (Å²) in [5.74, 6) is 0.219. The van der Waals surface area contributed by atoms with E-state index in [4.69, 9.17) is 29.6 Å². The molecule has 0 radical (unpaired) electrons. The second kappa shape index (κ2) is 7.69. The number of nitrogens with zero attached hydrogens (tertiary/aromatic N) is 2. The van der Waals surface area contributed by atoms with Gasteiger partial charge in [-0.25, -0.2) is 4.98 Å². The van der Waals surface area contributed by atoms with Gasteiger partial charge in [-0.2, -0.15) is 0 Å². The van der Waals surface area contributed by atoms with Crippen molar-refractivity contribution in [1.82, 2.24) is 4.98 Å². The molecule has 3 rings (SSSR count). The molecule has 27 heavy (non-hydrogen) atoms. The molecule has 2 aromatic carbocycles. The molecule has 0 aliphatic heterocycles. The average Bonchev–Trinajstić information content (AvgIpc) is 2.61. The molecule has 0 atom stereocenters. The van der Waals surface area contributed by atoms with Gasteiger partial charge in [0.2, 0.25) is 5.82 Å². The fourth-order valence-electron chi connectivity index (χ4n) is 2.59. The molecule has 0 amide bonds. The summed E-state index contributed by atoms with van der Waals surface area (Å²) in [4.78, 5) is 14.9. The minimum atomic E-state index is -0.579. The number of nitrogen functional groups attached to an aromatic ring is 1. The number of hydrogen-bond acceptors (Lipinski definition) is 6. The summed E-state index contributed by atoms with van der Waals surface area (Å²) in [6.45, 7) is 2.00. The van der Waals surface area contributed by atoms with Crippen LogP contribution >= 0.6 is 23.8 Å². The molecule has 136 valence electrons. The zero-order valence-electron chi connectivity index (χ0n) is 14.3. The lowest BCUT2D eigenvalue weighted by Gasteiger charge is -2.12. The lowest BCUT2D eigenvalue weighted by molar-refractivity contribution is -0.384. The van der Waals surface area contributed by atoms with Crippen molar-refractivity contribution in [2.24, 2.45) is 0 Å².